The molecule has 4 N–H and O–H groups in total. The van der Waals surface area contributed by atoms with E-state index in [9.17, 15) is 4.79 Å². The van der Waals surface area contributed by atoms with Gasteiger partial charge in [-0.1, -0.05) is 0 Å². The lowest BCUT2D eigenvalue weighted by molar-refractivity contribution is -0.136. The third kappa shape index (κ3) is 2.64. The van der Waals surface area contributed by atoms with Crippen LogP contribution in [0.5, 0.6) is 0 Å². The maximum atomic E-state index is 10.6. The lowest BCUT2D eigenvalue weighted by atomic mass is 10.1. The summed E-state index contributed by atoms with van der Waals surface area (Å²) in [5, 5.41) is 11.6. The number of carboxylic acids is 1. The summed E-state index contributed by atoms with van der Waals surface area (Å²) in [4.78, 5) is 19.1. The molecule has 0 unspecified atom stereocenters. The van der Waals surface area contributed by atoms with E-state index in [1.165, 1.54) is 0 Å². The van der Waals surface area contributed by atoms with Gasteiger partial charge in [-0.25, -0.2) is 4.98 Å². The van der Waals surface area contributed by atoms with Crippen molar-refractivity contribution in [3.63, 3.8) is 0 Å². The summed E-state index contributed by atoms with van der Waals surface area (Å²) in [7, 11) is 1.74. The molecule has 0 amide bonds. The van der Waals surface area contributed by atoms with Crippen LogP contribution in [0.3, 0.4) is 0 Å². The smallest absolute Gasteiger partial charge is 0.303 e. The zero-order chi connectivity index (χ0) is 12.4. The molecular formula is C11H16N4O2. The fraction of sp³-hybridized carbons (Fsp3) is 0.545. The first-order valence-corrected chi connectivity index (χ1v) is 5.67. The highest BCUT2D eigenvalue weighted by molar-refractivity contribution is 5.67. The molecule has 6 heteroatoms. The van der Waals surface area contributed by atoms with Crippen LogP contribution in [-0.4, -0.2) is 28.1 Å². The highest BCUT2D eigenvalue weighted by Crippen LogP contribution is 2.42. The molecule has 6 nitrogen and oxygen atoms in total. The molecule has 0 aliphatic heterocycles. The number of rotatable bonds is 5. The summed E-state index contributed by atoms with van der Waals surface area (Å²) >= 11 is 0. The molecular weight excluding hydrogens is 220 g/mol. The molecule has 1 aromatic heterocycles. The van der Waals surface area contributed by atoms with Gasteiger partial charge in [-0.15, -0.1) is 0 Å². The van der Waals surface area contributed by atoms with Gasteiger partial charge >= 0.3 is 5.97 Å². The van der Waals surface area contributed by atoms with E-state index in [-0.39, 0.29) is 6.42 Å². The number of nitrogens with zero attached hydrogens (tertiary/aromatic N) is 2. The Labute approximate surface area is 99.3 Å². The Bertz CT molecular complexity index is 443. The summed E-state index contributed by atoms with van der Waals surface area (Å²) in [6.07, 6.45) is 2.66. The molecule has 1 saturated carbocycles. The average molecular weight is 236 g/mol. The standard InChI is InChI=1S/C11H16N4O2/c1-13-11-14-9(6-2-3-6)7(10(12)15-11)4-5-8(16)17/h6H,2-5H2,1H3,(H,16,17)(H3,12,13,14,15). The van der Waals surface area contributed by atoms with Crippen LogP contribution in [0.4, 0.5) is 11.8 Å². The summed E-state index contributed by atoms with van der Waals surface area (Å²) < 4.78 is 0. The van der Waals surface area contributed by atoms with Crippen LogP contribution >= 0.6 is 0 Å². The molecule has 0 aromatic carbocycles. The minimum Gasteiger partial charge on any atom is -0.481 e. The lowest BCUT2D eigenvalue weighted by Gasteiger charge is -2.11. The molecule has 92 valence electrons. The van der Waals surface area contributed by atoms with Gasteiger partial charge in [-0.3, -0.25) is 4.79 Å². The minimum atomic E-state index is -0.830. The van der Waals surface area contributed by atoms with Gasteiger partial charge < -0.3 is 16.2 Å². The maximum Gasteiger partial charge on any atom is 0.303 e. The van der Waals surface area contributed by atoms with Gasteiger partial charge in [0.05, 0.1) is 5.69 Å². The largest absolute Gasteiger partial charge is 0.481 e. The fourth-order valence-corrected chi connectivity index (χ4v) is 1.81. The predicted molar refractivity (Wildman–Crippen MR) is 63.9 cm³/mol. The van der Waals surface area contributed by atoms with Crippen molar-refractivity contribution in [1.29, 1.82) is 0 Å². The molecule has 1 fully saturated rings. The third-order valence-corrected chi connectivity index (χ3v) is 2.85. The van der Waals surface area contributed by atoms with Crippen molar-refractivity contribution >= 4 is 17.7 Å². The van der Waals surface area contributed by atoms with Crippen molar-refractivity contribution in [3.8, 4) is 0 Å². The van der Waals surface area contributed by atoms with E-state index < -0.39 is 5.97 Å². The maximum absolute atomic E-state index is 10.6. The Morgan fingerprint density at radius 3 is 2.76 bits per heavy atom. The van der Waals surface area contributed by atoms with Gasteiger partial charge in [0.25, 0.3) is 0 Å². The molecule has 17 heavy (non-hydrogen) atoms. The lowest BCUT2D eigenvalue weighted by Crippen LogP contribution is -2.10. The number of nitrogen functional groups attached to an aromatic ring is 1. The monoisotopic (exact) mass is 236 g/mol. The van der Waals surface area contributed by atoms with E-state index in [0.717, 1.165) is 24.1 Å². The van der Waals surface area contributed by atoms with Gasteiger partial charge in [0.15, 0.2) is 0 Å². The number of aromatic nitrogens is 2. The molecule has 2 rings (SSSR count). The van der Waals surface area contributed by atoms with Crippen LogP contribution in [0.2, 0.25) is 0 Å². The van der Waals surface area contributed by atoms with Crippen LogP contribution in [0.15, 0.2) is 0 Å². The number of nitrogens with two attached hydrogens (primary N) is 1. The van der Waals surface area contributed by atoms with Crippen molar-refractivity contribution in [2.24, 2.45) is 0 Å². The Hall–Kier alpha value is -1.85. The second-order valence-electron chi connectivity index (χ2n) is 4.21. The highest BCUT2D eigenvalue weighted by atomic mass is 16.4. The molecule has 0 radical (unpaired) electrons. The van der Waals surface area contributed by atoms with Gasteiger partial charge in [0.2, 0.25) is 5.95 Å². The van der Waals surface area contributed by atoms with Gasteiger partial charge in [0.1, 0.15) is 5.82 Å². The Morgan fingerprint density at radius 1 is 1.53 bits per heavy atom. The number of hydrogen-bond acceptors (Lipinski definition) is 5. The first kappa shape index (κ1) is 11.6. The average Bonchev–Trinajstić information content (AvgIpc) is 3.10. The molecule has 0 spiro atoms. The Balaban J connectivity index is 2.30. The first-order chi connectivity index (χ1) is 8.11. The third-order valence-electron chi connectivity index (χ3n) is 2.85. The van der Waals surface area contributed by atoms with Crippen molar-refractivity contribution in [1.82, 2.24) is 9.97 Å². The Kier molecular flexibility index (Phi) is 3.12. The van der Waals surface area contributed by atoms with Crippen molar-refractivity contribution in [3.05, 3.63) is 11.3 Å². The zero-order valence-corrected chi connectivity index (χ0v) is 9.73. The number of carboxylic acid groups (broad SMARTS) is 1. The number of hydrogen-bond donors (Lipinski definition) is 3. The van der Waals surface area contributed by atoms with Crippen LogP contribution in [-0.2, 0) is 11.2 Å². The molecule has 0 saturated heterocycles. The second kappa shape index (κ2) is 4.57. The summed E-state index contributed by atoms with van der Waals surface area (Å²) in [6, 6.07) is 0. The predicted octanol–water partition coefficient (Wildman–Crippen LogP) is 0.995. The van der Waals surface area contributed by atoms with Gasteiger partial charge in [-0.2, -0.15) is 4.98 Å². The van der Waals surface area contributed by atoms with Gasteiger partial charge in [0, 0.05) is 24.9 Å². The number of nitrogens with one attached hydrogen (secondary N) is 1. The van der Waals surface area contributed by atoms with Crippen LogP contribution in [0.25, 0.3) is 0 Å². The van der Waals surface area contributed by atoms with Crippen LogP contribution in [0.1, 0.15) is 36.4 Å². The fourth-order valence-electron chi connectivity index (χ4n) is 1.81. The number of carbonyl (C=O) groups is 1. The molecule has 1 heterocycles. The topological polar surface area (TPSA) is 101 Å². The minimum absolute atomic E-state index is 0.0617. The van der Waals surface area contributed by atoms with E-state index >= 15 is 0 Å². The zero-order valence-electron chi connectivity index (χ0n) is 9.73. The van der Waals surface area contributed by atoms with Crippen LogP contribution in [0, 0.1) is 0 Å². The first-order valence-electron chi connectivity index (χ1n) is 5.67. The van der Waals surface area contributed by atoms with Crippen molar-refractivity contribution in [2.75, 3.05) is 18.1 Å². The molecule has 1 aliphatic rings. The summed E-state index contributed by atoms with van der Waals surface area (Å²) in [5.41, 5.74) is 7.58. The van der Waals surface area contributed by atoms with Crippen LogP contribution < -0.4 is 11.1 Å². The highest BCUT2D eigenvalue weighted by Gasteiger charge is 2.29. The number of aliphatic carboxylic acids is 1. The molecule has 1 aromatic rings. The number of anilines is 2. The SMILES string of the molecule is CNc1nc(N)c(CCC(=O)O)c(C2CC2)n1. The molecule has 0 bridgehead atoms. The van der Waals surface area contributed by atoms with Gasteiger partial charge in [-0.05, 0) is 19.3 Å². The van der Waals surface area contributed by atoms with E-state index in [4.69, 9.17) is 10.8 Å². The van der Waals surface area contributed by atoms with E-state index in [1.807, 2.05) is 0 Å². The van der Waals surface area contributed by atoms with Crippen molar-refractivity contribution in [2.45, 2.75) is 31.6 Å². The van der Waals surface area contributed by atoms with E-state index in [2.05, 4.69) is 15.3 Å². The Morgan fingerprint density at radius 2 is 2.24 bits per heavy atom. The molecule has 1 aliphatic carbocycles. The summed E-state index contributed by atoms with van der Waals surface area (Å²) in [6.45, 7) is 0. The molecule has 0 atom stereocenters. The normalized spacial score (nSPS) is 14.6. The van der Waals surface area contributed by atoms with E-state index in [0.29, 0.717) is 24.1 Å². The summed E-state index contributed by atoms with van der Waals surface area (Å²) in [5.74, 6) is 0.496. The van der Waals surface area contributed by atoms with Crippen molar-refractivity contribution < 1.29 is 9.90 Å². The van der Waals surface area contributed by atoms with E-state index in [1.54, 1.807) is 7.05 Å². The quantitative estimate of drug-likeness (QED) is 0.705. The second-order valence-corrected chi connectivity index (χ2v) is 4.21.